The van der Waals surface area contributed by atoms with E-state index < -0.39 is 18.4 Å². The molecule has 6 heteroatoms. The molecule has 86 valence electrons. The summed E-state index contributed by atoms with van der Waals surface area (Å²) < 4.78 is 50.1. The lowest BCUT2D eigenvalue weighted by molar-refractivity contribution is -0.137. The van der Waals surface area contributed by atoms with Crippen molar-refractivity contribution in [3.63, 3.8) is 0 Å². The molecule has 0 spiro atoms. The lowest BCUT2D eigenvalue weighted by atomic mass is 10.1. The van der Waals surface area contributed by atoms with Crippen molar-refractivity contribution < 1.29 is 17.6 Å². The van der Waals surface area contributed by atoms with Gasteiger partial charge in [-0.15, -0.1) is 0 Å². The summed E-state index contributed by atoms with van der Waals surface area (Å²) in [4.78, 5) is 6.61. The molecule has 0 bridgehead atoms. The van der Waals surface area contributed by atoms with Crippen LogP contribution in [-0.4, -0.2) is 9.97 Å². The summed E-state index contributed by atoms with van der Waals surface area (Å²) in [6, 6.07) is 1.73. The molecule has 2 nitrogen and oxygen atoms in total. The van der Waals surface area contributed by atoms with Crippen LogP contribution in [0.3, 0.4) is 0 Å². The van der Waals surface area contributed by atoms with E-state index in [1.54, 1.807) is 6.92 Å². The van der Waals surface area contributed by atoms with Gasteiger partial charge in [0.25, 0.3) is 0 Å². The number of fused-ring (bicyclic) bond motifs is 1. The number of imidazole rings is 1. The molecule has 0 radical (unpaired) electrons. The Hall–Kier alpha value is -1.59. The van der Waals surface area contributed by atoms with Gasteiger partial charge >= 0.3 is 6.18 Å². The van der Waals surface area contributed by atoms with Gasteiger partial charge in [0.05, 0.1) is 16.6 Å². The van der Waals surface area contributed by atoms with E-state index in [9.17, 15) is 17.6 Å². The molecule has 0 saturated heterocycles. The summed E-state index contributed by atoms with van der Waals surface area (Å²) in [5.41, 5.74) is -0.446. The number of aromatic nitrogens is 2. The maximum atomic E-state index is 12.6. The fraction of sp³-hybridized carbons (Fsp3) is 0.300. The quantitative estimate of drug-likeness (QED) is 0.750. The molecular formula is C10H8F4N2. The van der Waals surface area contributed by atoms with Crippen LogP contribution in [0.1, 0.15) is 17.0 Å². The Bertz CT molecular complexity index is 527. The molecule has 0 aliphatic heterocycles. The molecule has 1 aromatic carbocycles. The lowest BCUT2D eigenvalue weighted by Gasteiger charge is -2.07. The summed E-state index contributed by atoms with van der Waals surface area (Å²) in [5, 5.41) is 0. The summed E-state index contributed by atoms with van der Waals surface area (Å²) in [7, 11) is 0. The zero-order valence-corrected chi connectivity index (χ0v) is 8.32. The van der Waals surface area contributed by atoms with Gasteiger partial charge in [-0.25, -0.2) is 9.37 Å². The van der Waals surface area contributed by atoms with Crippen molar-refractivity contribution in [1.29, 1.82) is 0 Å². The van der Waals surface area contributed by atoms with Crippen LogP contribution in [-0.2, 0) is 12.9 Å². The first-order chi connectivity index (χ1) is 7.41. The van der Waals surface area contributed by atoms with Crippen LogP contribution in [0.25, 0.3) is 11.0 Å². The highest BCUT2D eigenvalue weighted by molar-refractivity contribution is 5.79. The van der Waals surface area contributed by atoms with Crippen LogP contribution in [0, 0.1) is 6.92 Å². The van der Waals surface area contributed by atoms with Gasteiger partial charge in [-0.2, -0.15) is 13.2 Å². The number of hydrogen-bond donors (Lipinski definition) is 1. The Labute approximate surface area is 88.3 Å². The molecule has 0 unspecified atom stereocenters. The van der Waals surface area contributed by atoms with Crippen LogP contribution >= 0.6 is 0 Å². The minimum atomic E-state index is -4.48. The average Bonchev–Trinajstić information content (AvgIpc) is 2.54. The van der Waals surface area contributed by atoms with Gasteiger partial charge in [-0.3, -0.25) is 0 Å². The second-order valence-corrected chi connectivity index (χ2v) is 3.49. The van der Waals surface area contributed by atoms with Crippen molar-refractivity contribution in [1.82, 2.24) is 9.97 Å². The largest absolute Gasteiger partial charge is 0.416 e. The number of hydrogen-bond acceptors (Lipinski definition) is 1. The minimum absolute atomic E-state index is 0.0471. The molecule has 2 aromatic rings. The van der Waals surface area contributed by atoms with E-state index in [-0.39, 0.29) is 16.6 Å². The summed E-state index contributed by atoms with van der Waals surface area (Å²) in [6.07, 6.45) is -4.48. The highest BCUT2D eigenvalue weighted by atomic mass is 19.4. The number of aryl methyl sites for hydroxylation is 1. The number of benzene rings is 1. The third-order valence-corrected chi connectivity index (χ3v) is 2.26. The molecule has 0 aliphatic rings. The van der Waals surface area contributed by atoms with Crippen molar-refractivity contribution in [2.75, 3.05) is 0 Å². The Morgan fingerprint density at radius 3 is 2.56 bits per heavy atom. The van der Waals surface area contributed by atoms with Crippen LogP contribution in [0.5, 0.6) is 0 Å². The SMILES string of the molecule is Cc1nc2c(CF)cc(C(F)(F)F)cc2[nH]1. The number of alkyl halides is 4. The first-order valence-electron chi connectivity index (χ1n) is 4.54. The fourth-order valence-corrected chi connectivity index (χ4v) is 1.58. The van der Waals surface area contributed by atoms with E-state index >= 15 is 0 Å². The van der Waals surface area contributed by atoms with Crippen LogP contribution in [0.4, 0.5) is 17.6 Å². The van der Waals surface area contributed by atoms with Crippen molar-refractivity contribution in [3.05, 3.63) is 29.1 Å². The summed E-state index contributed by atoms with van der Waals surface area (Å²) in [5.74, 6) is 0.462. The average molecular weight is 232 g/mol. The molecule has 1 aromatic heterocycles. The number of rotatable bonds is 1. The maximum absolute atomic E-state index is 12.6. The molecule has 1 heterocycles. The van der Waals surface area contributed by atoms with Gasteiger partial charge in [0.15, 0.2) is 0 Å². The van der Waals surface area contributed by atoms with Gasteiger partial charge in [0, 0.05) is 5.56 Å². The third-order valence-electron chi connectivity index (χ3n) is 2.26. The molecule has 0 atom stereocenters. The topological polar surface area (TPSA) is 28.7 Å². The first kappa shape index (κ1) is 10.9. The molecule has 0 amide bonds. The van der Waals surface area contributed by atoms with E-state index in [0.717, 1.165) is 12.1 Å². The number of nitrogens with one attached hydrogen (secondary N) is 1. The first-order valence-corrected chi connectivity index (χ1v) is 4.54. The van der Waals surface area contributed by atoms with Crippen molar-refractivity contribution >= 4 is 11.0 Å². The molecule has 2 rings (SSSR count). The monoisotopic (exact) mass is 232 g/mol. The maximum Gasteiger partial charge on any atom is 0.416 e. The van der Waals surface area contributed by atoms with E-state index in [1.165, 1.54) is 0 Å². The molecule has 16 heavy (non-hydrogen) atoms. The van der Waals surface area contributed by atoms with E-state index in [0.29, 0.717) is 5.82 Å². The Morgan fingerprint density at radius 2 is 2.00 bits per heavy atom. The molecule has 0 saturated carbocycles. The standard InChI is InChI=1S/C10H8F4N2/c1-5-15-8-3-7(10(12,13)14)2-6(4-11)9(8)16-5/h2-3H,4H2,1H3,(H,15,16). The molecular weight excluding hydrogens is 224 g/mol. The summed E-state index contributed by atoms with van der Waals surface area (Å²) in [6.45, 7) is 0.639. The smallest absolute Gasteiger partial charge is 0.342 e. The fourth-order valence-electron chi connectivity index (χ4n) is 1.58. The predicted octanol–water partition coefficient (Wildman–Crippen LogP) is 3.36. The van der Waals surface area contributed by atoms with Crippen LogP contribution < -0.4 is 0 Å². The van der Waals surface area contributed by atoms with Crippen molar-refractivity contribution in [2.45, 2.75) is 19.8 Å². The number of aromatic amines is 1. The molecule has 0 aliphatic carbocycles. The van der Waals surface area contributed by atoms with Gasteiger partial charge in [0.1, 0.15) is 12.5 Å². The van der Waals surface area contributed by atoms with Crippen LogP contribution in [0.2, 0.25) is 0 Å². The number of H-pyrrole nitrogens is 1. The summed E-state index contributed by atoms with van der Waals surface area (Å²) >= 11 is 0. The number of nitrogens with zero attached hydrogens (tertiary/aromatic N) is 1. The Kier molecular flexibility index (Phi) is 2.36. The van der Waals surface area contributed by atoms with Gasteiger partial charge in [-0.05, 0) is 19.1 Å². The highest BCUT2D eigenvalue weighted by Crippen LogP contribution is 2.32. The van der Waals surface area contributed by atoms with E-state index in [1.807, 2.05) is 0 Å². The molecule has 1 N–H and O–H groups in total. The van der Waals surface area contributed by atoms with E-state index in [4.69, 9.17) is 0 Å². The zero-order valence-electron chi connectivity index (χ0n) is 8.32. The Morgan fingerprint density at radius 1 is 1.31 bits per heavy atom. The Balaban J connectivity index is 2.72. The van der Waals surface area contributed by atoms with Crippen molar-refractivity contribution in [3.8, 4) is 0 Å². The zero-order chi connectivity index (χ0) is 11.9. The van der Waals surface area contributed by atoms with Gasteiger partial charge < -0.3 is 4.98 Å². The van der Waals surface area contributed by atoms with Crippen LogP contribution in [0.15, 0.2) is 12.1 Å². The molecule has 0 fully saturated rings. The van der Waals surface area contributed by atoms with Crippen molar-refractivity contribution in [2.24, 2.45) is 0 Å². The predicted molar refractivity (Wildman–Crippen MR) is 50.6 cm³/mol. The minimum Gasteiger partial charge on any atom is -0.342 e. The second kappa shape index (κ2) is 3.47. The van der Waals surface area contributed by atoms with Gasteiger partial charge in [0.2, 0.25) is 0 Å². The normalized spacial score (nSPS) is 12.3. The third kappa shape index (κ3) is 1.75. The van der Waals surface area contributed by atoms with Gasteiger partial charge in [-0.1, -0.05) is 0 Å². The second-order valence-electron chi connectivity index (χ2n) is 3.49. The van der Waals surface area contributed by atoms with E-state index in [2.05, 4.69) is 9.97 Å². The number of halogens is 4. The lowest BCUT2D eigenvalue weighted by Crippen LogP contribution is -2.05. The highest BCUT2D eigenvalue weighted by Gasteiger charge is 2.31.